The molecular formula is C10H12N2O5. The zero-order valence-corrected chi connectivity index (χ0v) is 9.05. The van der Waals surface area contributed by atoms with Gasteiger partial charge in [-0.05, 0) is 18.9 Å². The molecule has 2 rings (SSSR count). The van der Waals surface area contributed by atoms with Crippen molar-refractivity contribution in [3.8, 4) is 0 Å². The van der Waals surface area contributed by atoms with E-state index in [1.807, 2.05) is 0 Å². The molecule has 0 bridgehead atoms. The molecule has 1 aliphatic rings. The molecule has 1 amide bonds. The Bertz CT molecular complexity index is 422. The Kier molecular flexibility index (Phi) is 3.38. The molecule has 0 radical (unpaired) electrons. The average molecular weight is 240 g/mol. The SMILES string of the molecule is O=C(NOC1CCCC1)c1ccc([N+](=O)[O-])o1. The Hall–Kier alpha value is -1.89. The molecule has 7 heteroatoms. The van der Waals surface area contributed by atoms with Crippen LogP contribution in [-0.4, -0.2) is 16.9 Å². The van der Waals surface area contributed by atoms with E-state index in [9.17, 15) is 14.9 Å². The minimum Gasteiger partial charge on any atom is -0.395 e. The zero-order valence-electron chi connectivity index (χ0n) is 9.05. The molecule has 92 valence electrons. The van der Waals surface area contributed by atoms with Crippen LogP contribution in [0.15, 0.2) is 16.5 Å². The van der Waals surface area contributed by atoms with E-state index >= 15 is 0 Å². The van der Waals surface area contributed by atoms with E-state index in [2.05, 4.69) is 5.48 Å². The molecule has 0 aromatic carbocycles. The predicted octanol–water partition coefficient (Wildman–Crippen LogP) is 1.79. The van der Waals surface area contributed by atoms with Gasteiger partial charge in [0, 0.05) is 0 Å². The van der Waals surface area contributed by atoms with Crippen molar-refractivity contribution in [1.29, 1.82) is 0 Å². The minimum absolute atomic E-state index is 0.0314. The molecule has 7 nitrogen and oxygen atoms in total. The highest BCUT2D eigenvalue weighted by Crippen LogP contribution is 2.20. The van der Waals surface area contributed by atoms with E-state index in [1.165, 1.54) is 6.07 Å². The van der Waals surface area contributed by atoms with Crippen LogP contribution in [0.2, 0.25) is 0 Å². The van der Waals surface area contributed by atoms with Crippen LogP contribution in [0, 0.1) is 10.1 Å². The summed E-state index contributed by atoms with van der Waals surface area (Å²) in [6.45, 7) is 0. The lowest BCUT2D eigenvalue weighted by molar-refractivity contribution is -0.402. The zero-order chi connectivity index (χ0) is 12.3. The van der Waals surface area contributed by atoms with E-state index in [4.69, 9.17) is 9.25 Å². The van der Waals surface area contributed by atoms with Gasteiger partial charge in [-0.1, -0.05) is 12.8 Å². The molecule has 1 aromatic rings. The smallest absolute Gasteiger partial charge is 0.395 e. The van der Waals surface area contributed by atoms with Crippen molar-refractivity contribution in [2.24, 2.45) is 0 Å². The number of hydrogen-bond donors (Lipinski definition) is 1. The van der Waals surface area contributed by atoms with Gasteiger partial charge in [-0.25, -0.2) is 5.48 Å². The van der Waals surface area contributed by atoms with E-state index in [1.54, 1.807) is 0 Å². The summed E-state index contributed by atoms with van der Waals surface area (Å²) in [5.74, 6) is -1.20. The standard InChI is InChI=1S/C10H12N2O5/c13-10(11-17-7-3-1-2-4-7)8-5-6-9(16-8)12(14)15/h5-7H,1-4H2,(H,11,13). The molecule has 1 saturated carbocycles. The maximum Gasteiger partial charge on any atom is 0.433 e. The summed E-state index contributed by atoms with van der Waals surface area (Å²) in [6.07, 6.45) is 4.04. The first kappa shape index (κ1) is 11.6. The summed E-state index contributed by atoms with van der Waals surface area (Å²) in [5.41, 5.74) is 2.24. The summed E-state index contributed by atoms with van der Waals surface area (Å²) >= 11 is 0. The van der Waals surface area contributed by atoms with Gasteiger partial charge in [0.15, 0.2) is 0 Å². The monoisotopic (exact) mass is 240 g/mol. The van der Waals surface area contributed by atoms with Crippen LogP contribution in [0.4, 0.5) is 5.88 Å². The number of nitrogens with one attached hydrogen (secondary N) is 1. The van der Waals surface area contributed by atoms with Crippen molar-refractivity contribution < 1.29 is 19.0 Å². The van der Waals surface area contributed by atoms with Crippen molar-refractivity contribution >= 4 is 11.8 Å². The second-order valence-electron chi connectivity index (χ2n) is 3.85. The van der Waals surface area contributed by atoms with E-state index in [0.29, 0.717) is 0 Å². The summed E-state index contributed by atoms with van der Waals surface area (Å²) in [5, 5.41) is 10.4. The number of hydrogen-bond acceptors (Lipinski definition) is 5. The third-order valence-electron chi connectivity index (χ3n) is 2.62. The highest BCUT2D eigenvalue weighted by atomic mass is 16.7. The highest BCUT2D eigenvalue weighted by molar-refractivity contribution is 5.90. The molecule has 1 aliphatic carbocycles. The van der Waals surface area contributed by atoms with Gasteiger partial charge >= 0.3 is 11.8 Å². The Morgan fingerprint density at radius 1 is 1.47 bits per heavy atom. The first-order valence-corrected chi connectivity index (χ1v) is 5.37. The number of amides is 1. The lowest BCUT2D eigenvalue weighted by Crippen LogP contribution is -2.27. The second kappa shape index (κ2) is 4.96. The molecule has 1 N–H and O–H groups in total. The molecule has 0 saturated heterocycles. The molecule has 17 heavy (non-hydrogen) atoms. The Balaban J connectivity index is 1.87. The second-order valence-corrected chi connectivity index (χ2v) is 3.85. The predicted molar refractivity (Wildman–Crippen MR) is 56.2 cm³/mol. The Labute approximate surface area is 96.8 Å². The fourth-order valence-corrected chi connectivity index (χ4v) is 1.74. The molecule has 1 heterocycles. The third-order valence-corrected chi connectivity index (χ3v) is 2.62. The number of furan rings is 1. The van der Waals surface area contributed by atoms with Crippen LogP contribution >= 0.6 is 0 Å². The lowest BCUT2D eigenvalue weighted by atomic mass is 10.3. The molecule has 0 spiro atoms. The fourth-order valence-electron chi connectivity index (χ4n) is 1.74. The first-order valence-electron chi connectivity index (χ1n) is 5.37. The maximum atomic E-state index is 11.5. The topological polar surface area (TPSA) is 94.6 Å². The normalized spacial score (nSPS) is 16.0. The summed E-state index contributed by atoms with van der Waals surface area (Å²) in [4.78, 5) is 26.3. The lowest BCUT2D eigenvalue weighted by Gasteiger charge is -2.09. The van der Waals surface area contributed by atoms with E-state index in [0.717, 1.165) is 31.7 Å². The van der Waals surface area contributed by atoms with Crippen LogP contribution in [0.1, 0.15) is 36.2 Å². The van der Waals surface area contributed by atoms with Crippen molar-refractivity contribution in [1.82, 2.24) is 5.48 Å². The molecular weight excluding hydrogens is 228 g/mol. The Morgan fingerprint density at radius 3 is 2.76 bits per heavy atom. The minimum atomic E-state index is -0.700. The quantitative estimate of drug-likeness (QED) is 0.639. The third kappa shape index (κ3) is 2.82. The van der Waals surface area contributed by atoms with Gasteiger partial charge in [-0.2, -0.15) is 0 Å². The van der Waals surface area contributed by atoms with E-state index in [-0.39, 0.29) is 11.9 Å². The van der Waals surface area contributed by atoms with Gasteiger partial charge in [0.2, 0.25) is 5.76 Å². The van der Waals surface area contributed by atoms with Gasteiger partial charge < -0.3 is 4.42 Å². The fraction of sp³-hybridized carbons (Fsp3) is 0.500. The Morgan fingerprint density at radius 2 is 2.18 bits per heavy atom. The number of carbonyl (C=O) groups excluding carboxylic acids is 1. The van der Waals surface area contributed by atoms with Gasteiger partial charge in [-0.15, -0.1) is 0 Å². The van der Waals surface area contributed by atoms with Crippen molar-refractivity contribution in [2.75, 3.05) is 0 Å². The summed E-state index contributed by atoms with van der Waals surface area (Å²) in [6, 6.07) is 2.37. The molecule has 0 aliphatic heterocycles. The van der Waals surface area contributed by atoms with Gasteiger partial charge in [0.05, 0.1) is 12.2 Å². The van der Waals surface area contributed by atoms with Crippen LogP contribution in [-0.2, 0) is 4.84 Å². The van der Waals surface area contributed by atoms with Gasteiger partial charge in [0.25, 0.3) is 0 Å². The summed E-state index contributed by atoms with van der Waals surface area (Å²) in [7, 11) is 0. The van der Waals surface area contributed by atoms with Crippen molar-refractivity contribution in [3.05, 3.63) is 28.0 Å². The first-order chi connectivity index (χ1) is 8.16. The molecule has 1 aromatic heterocycles. The number of nitrogens with zero attached hydrogens (tertiary/aromatic N) is 1. The molecule has 1 fully saturated rings. The summed E-state index contributed by atoms with van der Waals surface area (Å²) < 4.78 is 4.73. The number of rotatable bonds is 4. The molecule has 0 unspecified atom stereocenters. The van der Waals surface area contributed by atoms with Crippen molar-refractivity contribution in [2.45, 2.75) is 31.8 Å². The average Bonchev–Trinajstić information content (AvgIpc) is 2.96. The highest BCUT2D eigenvalue weighted by Gasteiger charge is 2.20. The van der Waals surface area contributed by atoms with Gasteiger partial charge in [-0.3, -0.25) is 19.7 Å². The maximum absolute atomic E-state index is 11.5. The van der Waals surface area contributed by atoms with Gasteiger partial charge in [0.1, 0.15) is 4.92 Å². The number of nitro groups is 1. The van der Waals surface area contributed by atoms with E-state index < -0.39 is 16.7 Å². The number of carbonyl (C=O) groups is 1. The molecule has 0 atom stereocenters. The van der Waals surface area contributed by atoms with Crippen LogP contribution in [0.5, 0.6) is 0 Å². The van der Waals surface area contributed by atoms with Crippen LogP contribution in [0.25, 0.3) is 0 Å². The van der Waals surface area contributed by atoms with Crippen LogP contribution < -0.4 is 5.48 Å². The van der Waals surface area contributed by atoms with Crippen LogP contribution in [0.3, 0.4) is 0 Å². The van der Waals surface area contributed by atoms with Crippen molar-refractivity contribution in [3.63, 3.8) is 0 Å². The number of hydroxylamine groups is 1. The largest absolute Gasteiger partial charge is 0.433 e.